The summed E-state index contributed by atoms with van der Waals surface area (Å²) in [5.41, 5.74) is 2.00. The topological polar surface area (TPSA) is 69.4 Å². The molecule has 0 amide bonds. The Balaban J connectivity index is 2.29. The van der Waals surface area contributed by atoms with Crippen LogP contribution in [0.15, 0.2) is 33.7 Å². The molecule has 1 aromatic carbocycles. The quantitative estimate of drug-likeness (QED) is 0.860. The van der Waals surface area contributed by atoms with Gasteiger partial charge in [0.2, 0.25) is 0 Å². The molecule has 5 nitrogen and oxygen atoms in total. The van der Waals surface area contributed by atoms with Crippen molar-refractivity contribution in [3.63, 3.8) is 0 Å². The number of ether oxygens (including phenoxy) is 1. The van der Waals surface area contributed by atoms with Crippen LogP contribution in [0.3, 0.4) is 0 Å². The Bertz CT molecular complexity index is 688. The monoisotopic (exact) mass is 281 g/mol. The first kappa shape index (κ1) is 13.6. The fourth-order valence-electron chi connectivity index (χ4n) is 1.64. The summed E-state index contributed by atoms with van der Waals surface area (Å²) in [6.07, 6.45) is 0. The van der Waals surface area contributed by atoms with E-state index in [2.05, 4.69) is 5.16 Å². The Morgan fingerprint density at radius 1 is 1.21 bits per heavy atom. The molecule has 0 aliphatic heterocycles. The summed E-state index contributed by atoms with van der Waals surface area (Å²) in [4.78, 5) is 0.283. The van der Waals surface area contributed by atoms with Crippen molar-refractivity contribution in [3.05, 3.63) is 41.2 Å². The van der Waals surface area contributed by atoms with E-state index in [0.717, 1.165) is 11.1 Å². The van der Waals surface area contributed by atoms with Crippen molar-refractivity contribution in [2.75, 3.05) is 7.11 Å². The first-order chi connectivity index (χ1) is 8.92. The van der Waals surface area contributed by atoms with Gasteiger partial charge in [-0.2, -0.15) is 0 Å². The van der Waals surface area contributed by atoms with Gasteiger partial charge in [-0.1, -0.05) is 6.07 Å². The largest absolute Gasteiger partial charge is 0.479 e. The predicted octanol–water partition coefficient (Wildman–Crippen LogP) is 2.27. The van der Waals surface area contributed by atoms with E-state index >= 15 is 0 Å². The van der Waals surface area contributed by atoms with Gasteiger partial charge in [0.25, 0.3) is 5.88 Å². The summed E-state index contributed by atoms with van der Waals surface area (Å²) in [5, 5.41) is 3.58. The number of benzene rings is 1. The smallest absolute Gasteiger partial charge is 0.254 e. The molecule has 0 saturated heterocycles. The van der Waals surface area contributed by atoms with Gasteiger partial charge in [0.1, 0.15) is 5.75 Å². The van der Waals surface area contributed by atoms with E-state index in [1.165, 1.54) is 13.2 Å². The molecule has 0 saturated carbocycles. The number of methoxy groups -OCH3 is 1. The van der Waals surface area contributed by atoms with Crippen molar-refractivity contribution in [3.8, 4) is 5.88 Å². The van der Waals surface area contributed by atoms with Crippen LogP contribution >= 0.6 is 0 Å². The number of sulfone groups is 1. The Morgan fingerprint density at radius 2 is 1.95 bits per heavy atom. The highest BCUT2D eigenvalue weighted by atomic mass is 32.2. The average Bonchev–Trinajstić information content (AvgIpc) is 2.79. The number of hydrogen-bond acceptors (Lipinski definition) is 5. The van der Waals surface area contributed by atoms with Gasteiger partial charge in [-0.15, -0.1) is 0 Å². The summed E-state index contributed by atoms with van der Waals surface area (Å²) in [5.74, 6) is 0.298. The third-order valence-electron chi connectivity index (χ3n) is 2.92. The highest BCUT2D eigenvalue weighted by Crippen LogP contribution is 2.21. The second-order valence-corrected chi connectivity index (χ2v) is 6.33. The molecule has 1 aromatic heterocycles. The summed E-state index contributed by atoms with van der Waals surface area (Å²) >= 11 is 0. The standard InChI is InChI=1S/C13H15NO4S/c1-9-4-5-12(6-10(9)2)19(15,16)8-11-7-13(17-3)14-18-11/h4-7H,8H2,1-3H3. The number of hydrogen-bond donors (Lipinski definition) is 0. The van der Waals surface area contributed by atoms with Gasteiger partial charge < -0.3 is 9.26 Å². The minimum atomic E-state index is -3.44. The van der Waals surface area contributed by atoms with E-state index in [9.17, 15) is 8.42 Å². The highest BCUT2D eigenvalue weighted by molar-refractivity contribution is 7.90. The second kappa shape index (κ2) is 5.05. The number of aromatic nitrogens is 1. The molecule has 0 radical (unpaired) electrons. The Labute approximate surface area is 112 Å². The van der Waals surface area contributed by atoms with Crippen LogP contribution in [0.25, 0.3) is 0 Å². The number of rotatable bonds is 4. The van der Waals surface area contributed by atoms with Crippen LogP contribution in [0.5, 0.6) is 5.88 Å². The van der Waals surface area contributed by atoms with Crippen molar-refractivity contribution >= 4 is 9.84 Å². The molecule has 0 aliphatic carbocycles. The summed E-state index contributed by atoms with van der Waals surface area (Å²) in [6.45, 7) is 3.82. The molecule has 0 N–H and O–H groups in total. The lowest BCUT2D eigenvalue weighted by Gasteiger charge is -2.05. The SMILES string of the molecule is COc1cc(CS(=O)(=O)c2ccc(C)c(C)c2)on1. The average molecular weight is 281 g/mol. The van der Waals surface area contributed by atoms with Gasteiger partial charge >= 0.3 is 0 Å². The van der Waals surface area contributed by atoms with E-state index < -0.39 is 9.84 Å². The molecular weight excluding hydrogens is 266 g/mol. The molecule has 0 atom stereocenters. The molecule has 1 heterocycles. The molecular formula is C13H15NO4S. The minimum absolute atomic E-state index is 0.230. The van der Waals surface area contributed by atoms with E-state index in [0.29, 0.717) is 0 Å². The third kappa shape index (κ3) is 2.96. The maximum atomic E-state index is 12.2. The van der Waals surface area contributed by atoms with Crippen molar-refractivity contribution in [2.24, 2.45) is 0 Å². The van der Waals surface area contributed by atoms with Gasteiger partial charge in [-0.05, 0) is 42.3 Å². The Kier molecular flexibility index (Phi) is 3.61. The first-order valence-electron chi connectivity index (χ1n) is 5.72. The summed E-state index contributed by atoms with van der Waals surface area (Å²) < 4.78 is 34.2. The predicted molar refractivity (Wildman–Crippen MR) is 69.9 cm³/mol. The molecule has 0 unspecified atom stereocenters. The zero-order chi connectivity index (χ0) is 14.0. The van der Waals surface area contributed by atoms with Crippen LogP contribution in [0.4, 0.5) is 0 Å². The molecule has 19 heavy (non-hydrogen) atoms. The van der Waals surface area contributed by atoms with Gasteiger partial charge in [-0.25, -0.2) is 8.42 Å². The van der Waals surface area contributed by atoms with Crippen LogP contribution in [-0.4, -0.2) is 20.7 Å². The van der Waals surface area contributed by atoms with E-state index in [-0.39, 0.29) is 22.3 Å². The van der Waals surface area contributed by atoms with Crippen molar-refractivity contribution in [1.29, 1.82) is 0 Å². The van der Waals surface area contributed by atoms with Crippen molar-refractivity contribution < 1.29 is 17.7 Å². The number of nitrogens with zero attached hydrogens (tertiary/aromatic N) is 1. The van der Waals surface area contributed by atoms with Gasteiger partial charge in [0.15, 0.2) is 15.6 Å². The van der Waals surface area contributed by atoms with Gasteiger partial charge in [0, 0.05) is 6.07 Å². The lowest BCUT2D eigenvalue weighted by molar-refractivity contribution is 0.330. The molecule has 0 bridgehead atoms. The normalized spacial score (nSPS) is 11.5. The second-order valence-electron chi connectivity index (χ2n) is 4.34. The molecule has 2 aromatic rings. The fraction of sp³-hybridized carbons (Fsp3) is 0.308. The Hall–Kier alpha value is -1.82. The molecule has 0 spiro atoms. The molecule has 0 aliphatic rings. The van der Waals surface area contributed by atoms with Gasteiger partial charge in [0.05, 0.1) is 12.0 Å². The zero-order valence-electron chi connectivity index (χ0n) is 11.0. The summed E-state index contributed by atoms with van der Waals surface area (Å²) in [7, 11) is -1.99. The third-order valence-corrected chi connectivity index (χ3v) is 4.55. The van der Waals surface area contributed by atoms with Crippen LogP contribution in [-0.2, 0) is 15.6 Å². The molecule has 0 fully saturated rings. The Morgan fingerprint density at radius 3 is 2.53 bits per heavy atom. The highest BCUT2D eigenvalue weighted by Gasteiger charge is 2.19. The van der Waals surface area contributed by atoms with E-state index in [1.54, 1.807) is 18.2 Å². The van der Waals surface area contributed by atoms with E-state index in [4.69, 9.17) is 9.26 Å². The molecule has 102 valence electrons. The maximum Gasteiger partial charge on any atom is 0.254 e. The van der Waals surface area contributed by atoms with Gasteiger partial charge in [-0.3, -0.25) is 0 Å². The lowest BCUT2D eigenvalue weighted by Crippen LogP contribution is -2.05. The van der Waals surface area contributed by atoms with Crippen molar-refractivity contribution in [1.82, 2.24) is 5.16 Å². The number of aryl methyl sites for hydroxylation is 2. The molecule has 2 rings (SSSR count). The van der Waals surface area contributed by atoms with Crippen LogP contribution < -0.4 is 4.74 Å². The van der Waals surface area contributed by atoms with E-state index in [1.807, 2.05) is 13.8 Å². The first-order valence-corrected chi connectivity index (χ1v) is 7.37. The van der Waals surface area contributed by atoms with Crippen LogP contribution in [0.2, 0.25) is 0 Å². The molecule has 6 heteroatoms. The minimum Gasteiger partial charge on any atom is -0.479 e. The summed E-state index contributed by atoms with van der Waals surface area (Å²) in [6, 6.07) is 6.53. The van der Waals surface area contributed by atoms with Crippen molar-refractivity contribution in [2.45, 2.75) is 24.5 Å². The van der Waals surface area contributed by atoms with Crippen LogP contribution in [0.1, 0.15) is 16.9 Å². The van der Waals surface area contributed by atoms with Crippen LogP contribution in [0, 0.1) is 13.8 Å². The zero-order valence-corrected chi connectivity index (χ0v) is 11.8. The maximum absolute atomic E-state index is 12.2. The fourth-order valence-corrected chi connectivity index (χ4v) is 2.95. The lowest BCUT2D eigenvalue weighted by atomic mass is 10.1.